The number of aromatic nitrogens is 4. The second kappa shape index (κ2) is 8.27. The molecule has 1 aromatic carbocycles. The molecule has 34 heavy (non-hydrogen) atoms. The van der Waals surface area contributed by atoms with Crippen molar-refractivity contribution in [1.29, 1.82) is 0 Å². The zero-order valence-electron chi connectivity index (χ0n) is 18.1. The van der Waals surface area contributed by atoms with Crippen molar-refractivity contribution in [2.24, 2.45) is 0 Å². The minimum Gasteiger partial charge on any atom is -0.378 e. The number of fused-ring (bicyclic) bond motifs is 1. The van der Waals surface area contributed by atoms with E-state index in [2.05, 4.69) is 30.8 Å². The maximum atomic E-state index is 13.9. The third-order valence-electron chi connectivity index (χ3n) is 5.57. The molecule has 0 amide bonds. The van der Waals surface area contributed by atoms with Gasteiger partial charge in [-0.2, -0.15) is 28.2 Å². The molecule has 0 unspecified atom stereocenters. The average molecular weight is 498 g/mol. The van der Waals surface area contributed by atoms with Crippen molar-refractivity contribution in [2.75, 3.05) is 48.1 Å². The van der Waals surface area contributed by atoms with E-state index in [1.807, 2.05) is 0 Å². The first kappa shape index (κ1) is 22.7. The Bertz CT molecular complexity index is 1330. The van der Waals surface area contributed by atoms with Crippen molar-refractivity contribution in [3.8, 4) is 0 Å². The van der Waals surface area contributed by atoms with Gasteiger partial charge in [-0.15, -0.1) is 0 Å². The molecule has 2 aromatic heterocycles. The van der Waals surface area contributed by atoms with Gasteiger partial charge in [-0.25, -0.2) is 8.42 Å². The first-order valence-electron chi connectivity index (χ1n) is 10.6. The highest BCUT2D eigenvalue weighted by Crippen LogP contribution is 2.39. The van der Waals surface area contributed by atoms with Crippen LogP contribution in [0.3, 0.4) is 0 Å². The molecule has 10 nitrogen and oxygen atoms in total. The van der Waals surface area contributed by atoms with E-state index < -0.39 is 21.6 Å². The lowest BCUT2D eigenvalue weighted by Crippen LogP contribution is -2.37. The molecule has 3 heterocycles. The zero-order chi connectivity index (χ0) is 24.1. The second-order valence-corrected chi connectivity index (χ2v) is 10.2. The zero-order valence-corrected chi connectivity index (χ0v) is 18.9. The van der Waals surface area contributed by atoms with Gasteiger partial charge in [0.2, 0.25) is 5.95 Å². The van der Waals surface area contributed by atoms with Crippen LogP contribution < -0.4 is 15.5 Å². The number of H-pyrrole nitrogens is 1. The highest BCUT2D eigenvalue weighted by molar-refractivity contribution is 7.90. The topological polar surface area (TPSA) is 125 Å². The fraction of sp³-hybridized carbons (Fsp3) is 0.450. The van der Waals surface area contributed by atoms with Crippen molar-refractivity contribution in [2.45, 2.75) is 30.1 Å². The number of sulfone groups is 1. The lowest BCUT2D eigenvalue weighted by Gasteiger charge is -2.31. The summed E-state index contributed by atoms with van der Waals surface area (Å²) in [5, 5.41) is 12.5. The van der Waals surface area contributed by atoms with Crippen LogP contribution in [-0.2, 0) is 20.8 Å². The summed E-state index contributed by atoms with van der Waals surface area (Å²) >= 11 is 0. The number of alkyl halides is 3. The maximum Gasteiger partial charge on any atom is 0.418 e. The summed E-state index contributed by atoms with van der Waals surface area (Å²) in [6.07, 6.45) is -1.73. The van der Waals surface area contributed by atoms with E-state index in [-0.39, 0.29) is 45.2 Å². The predicted molar refractivity (Wildman–Crippen MR) is 119 cm³/mol. The molecule has 3 aromatic rings. The number of rotatable bonds is 6. The van der Waals surface area contributed by atoms with Gasteiger partial charge in [0.05, 0.1) is 18.8 Å². The molecule has 0 spiro atoms. The molecule has 1 saturated carbocycles. The number of hydrogen-bond acceptors (Lipinski definition) is 9. The normalized spacial score (nSPS) is 17.2. The third kappa shape index (κ3) is 4.59. The lowest BCUT2D eigenvalue weighted by atomic mass is 10.1. The molecule has 1 aliphatic heterocycles. The van der Waals surface area contributed by atoms with Crippen LogP contribution in [0.5, 0.6) is 0 Å². The van der Waals surface area contributed by atoms with E-state index in [1.165, 1.54) is 12.1 Å². The first-order chi connectivity index (χ1) is 16.1. The summed E-state index contributed by atoms with van der Waals surface area (Å²) in [5.41, 5.74) is -0.399. The molecule has 0 atom stereocenters. The molecule has 3 N–H and O–H groups in total. The molecule has 1 saturated heterocycles. The second-order valence-electron chi connectivity index (χ2n) is 8.29. The van der Waals surface area contributed by atoms with Crippen LogP contribution in [0.15, 0.2) is 23.2 Å². The van der Waals surface area contributed by atoms with Gasteiger partial charge < -0.3 is 20.3 Å². The Morgan fingerprint density at radius 1 is 1.18 bits per heavy atom. The van der Waals surface area contributed by atoms with Gasteiger partial charge in [0.15, 0.2) is 20.5 Å². The van der Waals surface area contributed by atoms with Crippen molar-refractivity contribution < 1.29 is 26.3 Å². The number of anilines is 4. The van der Waals surface area contributed by atoms with Crippen LogP contribution in [0, 0.1) is 0 Å². The van der Waals surface area contributed by atoms with Crippen LogP contribution in [0.4, 0.5) is 36.3 Å². The Kier molecular flexibility index (Phi) is 5.51. The number of aromatic amines is 1. The Balaban J connectivity index is 1.52. The largest absolute Gasteiger partial charge is 0.418 e. The molecule has 14 heteroatoms. The summed E-state index contributed by atoms with van der Waals surface area (Å²) in [4.78, 5) is 10.3. The van der Waals surface area contributed by atoms with E-state index in [0.29, 0.717) is 26.3 Å². The number of nitrogens with zero attached hydrogens (tertiary/aromatic N) is 4. The number of benzene rings is 1. The summed E-state index contributed by atoms with van der Waals surface area (Å²) in [5.74, 6) is 0.261. The monoisotopic (exact) mass is 497 g/mol. The third-order valence-corrected chi connectivity index (χ3v) is 6.56. The molecular formula is C20H22F3N7O3S. The SMILES string of the molecule is CS(=O)(=O)c1n[nH]c2nc(Nc3ccc(N4CCOCC4)c(C(F)(F)F)c3)nc(NC3CC3)c12. The van der Waals surface area contributed by atoms with E-state index in [4.69, 9.17) is 4.74 Å². The Morgan fingerprint density at radius 2 is 1.91 bits per heavy atom. The van der Waals surface area contributed by atoms with Crippen LogP contribution in [-0.4, -0.2) is 67.2 Å². The van der Waals surface area contributed by atoms with E-state index in [1.54, 1.807) is 4.90 Å². The smallest absolute Gasteiger partial charge is 0.378 e. The molecule has 2 aliphatic rings. The maximum absolute atomic E-state index is 13.9. The molecule has 1 aliphatic carbocycles. The summed E-state index contributed by atoms with van der Waals surface area (Å²) in [6, 6.07) is 4.09. The fourth-order valence-corrected chi connectivity index (χ4v) is 4.58. The van der Waals surface area contributed by atoms with E-state index in [0.717, 1.165) is 25.2 Å². The molecule has 5 rings (SSSR count). The highest BCUT2D eigenvalue weighted by atomic mass is 32.2. The van der Waals surface area contributed by atoms with Crippen LogP contribution in [0.25, 0.3) is 11.0 Å². The number of morpholine rings is 1. The van der Waals surface area contributed by atoms with Gasteiger partial charge in [0.1, 0.15) is 11.2 Å². The first-order valence-corrected chi connectivity index (χ1v) is 12.5. The Hall–Kier alpha value is -3.13. The van der Waals surface area contributed by atoms with Crippen molar-refractivity contribution >= 4 is 44.0 Å². The van der Waals surface area contributed by atoms with Crippen molar-refractivity contribution in [1.82, 2.24) is 20.2 Å². The highest BCUT2D eigenvalue weighted by Gasteiger charge is 2.36. The van der Waals surface area contributed by atoms with Gasteiger partial charge in [-0.1, -0.05) is 0 Å². The molecule has 0 bridgehead atoms. The Labute approximate surface area is 192 Å². The molecular weight excluding hydrogens is 475 g/mol. The van der Waals surface area contributed by atoms with Crippen molar-refractivity contribution in [3.05, 3.63) is 23.8 Å². The number of halogens is 3. The molecule has 2 fully saturated rings. The number of nitrogens with one attached hydrogen (secondary N) is 3. The van der Waals surface area contributed by atoms with E-state index >= 15 is 0 Å². The minimum atomic E-state index is -4.57. The van der Waals surface area contributed by atoms with E-state index in [9.17, 15) is 21.6 Å². The Morgan fingerprint density at radius 3 is 2.56 bits per heavy atom. The quantitative estimate of drug-likeness (QED) is 0.471. The standard InChI is InChI=1S/C20H22F3N7O3S/c1-34(31,32)18-15-16(24-11-2-3-11)26-19(27-17(15)28-29-18)25-12-4-5-14(13(10-12)20(21,22)23)30-6-8-33-9-7-30/h4-5,10-11H,2-3,6-9H2,1H3,(H3,24,25,26,27,28,29). The van der Waals surface area contributed by atoms with Gasteiger partial charge in [0, 0.05) is 36.8 Å². The molecule has 182 valence electrons. The summed E-state index contributed by atoms with van der Waals surface area (Å²) in [6.45, 7) is 1.46. The summed E-state index contributed by atoms with van der Waals surface area (Å²) < 4.78 is 71.1. The fourth-order valence-electron chi connectivity index (χ4n) is 3.80. The number of ether oxygens (including phenoxy) is 1. The van der Waals surface area contributed by atoms with Crippen molar-refractivity contribution in [3.63, 3.8) is 0 Å². The van der Waals surface area contributed by atoms with Crippen LogP contribution in [0.2, 0.25) is 0 Å². The van der Waals surface area contributed by atoms with Crippen LogP contribution >= 0.6 is 0 Å². The average Bonchev–Trinajstić information content (AvgIpc) is 3.47. The van der Waals surface area contributed by atoms with Gasteiger partial charge in [-0.05, 0) is 31.0 Å². The predicted octanol–water partition coefficient (Wildman–Crippen LogP) is 2.93. The number of hydrogen-bond donors (Lipinski definition) is 3. The molecule has 0 radical (unpaired) electrons. The van der Waals surface area contributed by atoms with Crippen LogP contribution in [0.1, 0.15) is 18.4 Å². The summed E-state index contributed by atoms with van der Waals surface area (Å²) in [7, 11) is -3.65. The van der Waals surface area contributed by atoms with Gasteiger partial charge >= 0.3 is 6.18 Å². The van der Waals surface area contributed by atoms with Gasteiger partial charge in [0.25, 0.3) is 0 Å². The lowest BCUT2D eigenvalue weighted by molar-refractivity contribution is -0.137. The van der Waals surface area contributed by atoms with Gasteiger partial charge in [-0.3, -0.25) is 5.10 Å². The minimum absolute atomic E-state index is 0.00611.